The van der Waals surface area contributed by atoms with Crippen LogP contribution in [0.5, 0.6) is 0 Å². The molecule has 1 saturated heterocycles. The molecule has 1 unspecified atom stereocenters. The largest absolute Gasteiger partial charge is 0.369 e. The molecule has 0 aliphatic carbocycles. The lowest BCUT2D eigenvalue weighted by atomic mass is 9.97. The van der Waals surface area contributed by atoms with Crippen molar-refractivity contribution in [2.75, 3.05) is 13.1 Å². The topological polar surface area (TPSA) is 76.3 Å². The van der Waals surface area contributed by atoms with E-state index in [1.807, 2.05) is 36.6 Å². The Morgan fingerprint density at radius 1 is 1.36 bits per heavy atom. The number of nitrogens with zero attached hydrogens (tertiary/aromatic N) is 2. The minimum Gasteiger partial charge on any atom is -0.369 e. The van der Waals surface area contributed by atoms with Crippen LogP contribution in [0.25, 0.3) is 0 Å². The molecule has 25 heavy (non-hydrogen) atoms. The molecule has 132 valence electrons. The number of likely N-dealkylation sites (tertiary alicyclic amines) is 1. The molecule has 3 rings (SSSR count). The van der Waals surface area contributed by atoms with Gasteiger partial charge in [0.15, 0.2) is 0 Å². The van der Waals surface area contributed by atoms with E-state index in [1.165, 1.54) is 0 Å². The van der Waals surface area contributed by atoms with Gasteiger partial charge in [-0.15, -0.1) is 11.3 Å². The van der Waals surface area contributed by atoms with Gasteiger partial charge in [0.05, 0.1) is 5.92 Å². The number of primary amides is 1. The number of hydrogen-bond donors (Lipinski definition) is 1. The summed E-state index contributed by atoms with van der Waals surface area (Å²) in [6, 6.07) is 7.69. The van der Waals surface area contributed by atoms with Crippen molar-refractivity contribution in [3.05, 3.63) is 46.5 Å². The standard InChI is InChI=1S/C18H21N3O2S2/c1-12-10-24-18(20-12)25-11-13-4-6-14(7-5-13)17(23)21-8-2-3-15(9-21)16(19)22/h4-7,10,15H,2-3,8-9,11H2,1H3,(H2,19,22). The van der Waals surface area contributed by atoms with E-state index in [4.69, 9.17) is 5.73 Å². The number of thiazole rings is 1. The third-order valence-electron chi connectivity index (χ3n) is 4.27. The lowest BCUT2D eigenvalue weighted by molar-refractivity contribution is -0.123. The van der Waals surface area contributed by atoms with Crippen LogP contribution in [-0.4, -0.2) is 34.8 Å². The van der Waals surface area contributed by atoms with Crippen molar-refractivity contribution in [1.29, 1.82) is 0 Å². The molecule has 1 aromatic carbocycles. The molecule has 0 bridgehead atoms. The highest BCUT2D eigenvalue weighted by Gasteiger charge is 2.27. The number of piperidine rings is 1. The fraction of sp³-hybridized carbons (Fsp3) is 0.389. The van der Waals surface area contributed by atoms with Crippen LogP contribution in [0.4, 0.5) is 0 Å². The van der Waals surface area contributed by atoms with E-state index in [1.54, 1.807) is 28.0 Å². The highest BCUT2D eigenvalue weighted by atomic mass is 32.2. The molecule has 1 aromatic heterocycles. The van der Waals surface area contributed by atoms with Gasteiger partial charge in [0, 0.05) is 35.5 Å². The summed E-state index contributed by atoms with van der Waals surface area (Å²) in [6.45, 7) is 3.10. The van der Waals surface area contributed by atoms with Crippen molar-refractivity contribution in [3.63, 3.8) is 0 Å². The van der Waals surface area contributed by atoms with E-state index in [9.17, 15) is 9.59 Å². The summed E-state index contributed by atoms with van der Waals surface area (Å²) >= 11 is 3.35. The Bertz CT molecular complexity index is 758. The number of rotatable bonds is 5. The van der Waals surface area contributed by atoms with Gasteiger partial charge in [-0.25, -0.2) is 4.98 Å². The maximum atomic E-state index is 12.6. The molecule has 1 aliphatic rings. The summed E-state index contributed by atoms with van der Waals surface area (Å²) in [5, 5.41) is 2.04. The number of carbonyl (C=O) groups excluding carboxylic acids is 2. The van der Waals surface area contributed by atoms with E-state index in [2.05, 4.69) is 4.98 Å². The van der Waals surface area contributed by atoms with Gasteiger partial charge in [0.2, 0.25) is 5.91 Å². The Labute approximate surface area is 155 Å². The second-order valence-corrected chi connectivity index (χ2v) is 8.31. The molecule has 1 atom stereocenters. The molecule has 7 heteroatoms. The van der Waals surface area contributed by atoms with Crippen LogP contribution in [0.15, 0.2) is 34.0 Å². The molecule has 0 spiro atoms. The number of thioether (sulfide) groups is 1. The fourth-order valence-corrected chi connectivity index (χ4v) is 4.67. The number of nitrogens with two attached hydrogens (primary N) is 1. The molecule has 2 N–H and O–H groups in total. The number of aryl methyl sites for hydroxylation is 1. The average molecular weight is 376 g/mol. The van der Waals surface area contributed by atoms with Crippen molar-refractivity contribution in [2.45, 2.75) is 29.9 Å². The van der Waals surface area contributed by atoms with Gasteiger partial charge >= 0.3 is 0 Å². The molecule has 0 radical (unpaired) electrons. The number of benzene rings is 1. The number of aromatic nitrogens is 1. The predicted octanol–water partition coefficient (Wildman–Crippen LogP) is 3.08. The molecule has 0 saturated carbocycles. The van der Waals surface area contributed by atoms with Crippen molar-refractivity contribution >= 4 is 34.9 Å². The Kier molecular flexibility index (Phi) is 5.75. The average Bonchev–Trinajstić information content (AvgIpc) is 3.05. The van der Waals surface area contributed by atoms with Crippen LogP contribution in [0.2, 0.25) is 0 Å². The summed E-state index contributed by atoms with van der Waals surface area (Å²) in [7, 11) is 0. The highest BCUT2D eigenvalue weighted by molar-refractivity contribution is 8.00. The zero-order chi connectivity index (χ0) is 17.8. The molecule has 2 amide bonds. The van der Waals surface area contributed by atoms with Crippen molar-refractivity contribution in [2.24, 2.45) is 11.7 Å². The number of carbonyl (C=O) groups is 2. The van der Waals surface area contributed by atoms with E-state index < -0.39 is 0 Å². The third kappa shape index (κ3) is 4.61. The number of hydrogen-bond acceptors (Lipinski definition) is 5. The van der Waals surface area contributed by atoms with Crippen molar-refractivity contribution in [1.82, 2.24) is 9.88 Å². The van der Waals surface area contributed by atoms with Gasteiger partial charge in [0.25, 0.3) is 5.91 Å². The Hall–Kier alpha value is -1.86. The van der Waals surface area contributed by atoms with Gasteiger partial charge in [-0.05, 0) is 37.5 Å². The molecule has 2 aromatic rings. The Balaban J connectivity index is 1.59. The molecule has 2 heterocycles. The normalized spacial score (nSPS) is 17.5. The second kappa shape index (κ2) is 8.01. The zero-order valence-corrected chi connectivity index (χ0v) is 15.7. The van der Waals surface area contributed by atoms with Crippen LogP contribution >= 0.6 is 23.1 Å². The zero-order valence-electron chi connectivity index (χ0n) is 14.1. The Morgan fingerprint density at radius 3 is 2.76 bits per heavy atom. The van der Waals surface area contributed by atoms with E-state index in [0.717, 1.165) is 34.2 Å². The predicted molar refractivity (Wildman–Crippen MR) is 101 cm³/mol. The quantitative estimate of drug-likeness (QED) is 0.815. The smallest absolute Gasteiger partial charge is 0.253 e. The SMILES string of the molecule is Cc1csc(SCc2ccc(C(=O)N3CCCC(C(N)=O)C3)cc2)n1. The minimum absolute atomic E-state index is 0.0271. The maximum Gasteiger partial charge on any atom is 0.253 e. The van der Waals surface area contributed by atoms with Crippen LogP contribution in [0.3, 0.4) is 0 Å². The van der Waals surface area contributed by atoms with Crippen LogP contribution < -0.4 is 5.73 Å². The summed E-state index contributed by atoms with van der Waals surface area (Å²) in [5.74, 6) is 0.257. The summed E-state index contributed by atoms with van der Waals surface area (Å²) in [5.41, 5.74) is 8.25. The van der Waals surface area contributed by atoms with Gasteiger partial charge < -0.3 is 10.6 Å². The fourth-order valence-electron chi connectivity index (χ4n) is 2.86. The lowest BCUT2D eigenvalue weighted by Crippen LogP contribution is -2.44. The second-order valence-electron chi connectivity index (χ2n) is 6.23. The molecular formula is C18H21N3O2S2. The molecule has 5 nitrogen and oxygen atoms in total. The first kappa shape index (κ1) is 17.9. The molecular weight excluding hydrogens is 354 g/mol. The minimum atomic E-state index is -0.317. The monoisotopic (exact) mass is 375 g/mol. The van der Waals surface area contributed by atoms with Crippen molar-refractivity contribution < 1.29 is 9.59 Å². The van der Waals surface area contributed by atoms with Crippen LogP contribution in [-0.2, 0) is 10.5 Å². The molecule has 1 aliphatic heterocycles. The first-order valence-electron chi connectivity index (χ1n) is 8.25. The highest BCUT2D eigenvalue weighted by Crippen LogP contribution is 2.26. The summed E-state index contributed by atoms with van der Waals surface area (Å²) in [6.07, 6.45) is 1.59. The third-order valence-corrected chi connectivity index (χ3v) is 6.48. The lowest BCUT2D eigenvalue weighted by Gasteiger charge is -2.31. The van der Waals surface area contributed by atoms with E-state index in [0.29, 0.717) is 18.7 Å². The Morgan fingerprint density at radius 2 is 2.12 bits per heavy atom. The summed E-state index contributed by atoms with van der Waals surface area (Å²) < 4.78 is 1.06. The van der Waals surface area contributed by atoms with Gasteiger partial charge in [-0.1, -0.05) is 23.9 Å². The van der Waals surface area contributed by atoms with Gasteiger partial charge in [-0.3, -0.25) is 9.59 Å². The number of amides is 2. The van der Waals surface area contributed by atoms with Gasteiger partial charge in [-0.2, -0.15) is 0 Å². The van der Waals surface area contributed by atoms with E-state index >= 15 is 0 Å². The van der Waals surface area contributed by atoms with Gasteiger partial charge in [0.1, 0.15) is 4.34 Å². The van der Waals surface area contributed by atoms with Crippen molar-refractivity contribution in [3.8, 4) is 0 Å². The van der Waals surface area contributed by atoms with Crippen LogP contribution in [0, 0.1) is 12.8 Å². The first-order chi connectivity index (χ1) is 12.0. The summed E-state index contributed by atoms with van der Waals surface area (Å²) in [4.78, 5) is 30.2. The molecule has 1 fully saturated rings. The maximum absolute atomic E-state index is 12.6. The first-order valence-corrected chi connectivity index (χ1v) is 10.1. The van der Waals surface area contributed by atoms with Crippen LogP contribution in [0.1, 0.15) is 34.5 Å². The van der Waals surface area contributed by atoms with E-state index in [-0.39, 0.29) is 17.7 Å².